The second kappa shape index (κ2) is 8.84. The molecule has 1 atom stereocenters. The minimum absolute atomic E-state index is 0.804. The highest BCUT2D eigenvalue weighted by Gasteiger charge is 2.40. The molecule has 6 rings (SSSR count). The lowest BCUT2D eigenvalue weighted by Crippen LogP contribution is -2.44. The van der Waals surface area contributed by atoms with Crippen LogP contribution in [0.2, 0.25) is 0 Å². The average Bonchev–Trinajstić information content (AvgIpc) is 2.90. The van der Waals surface area contributed by atoms with Crippen LogP contribution in [-0.2, 0) is 13.1 Å². The summed E-state index contributed by atoms with van der Waals surface area (Å²) in [5.74, 6) is 0.726. The Morgan fingerprint density at radius 2 is 1.29 bits per heavy atom. The summed E-state index contributed by atoms with van der Waals surface area (Å²) >= 11 is 0. The molecule has 0 N–H and O–H groups in total. The van der Waals surface area contributed by atoms with Gasteiger partial charge in [0.2, 0.25) is 0 Å². The maximum atomic E-state index is 6.62. The predicted molar refractivity (Wildman–Crippen MR) is 142 cm³/mol. The Morgan fingerprint density at radius 3 is 2.00 bits per heavy atom. The molecule has 3 nitrogen and oxygen atoms in total. The molecule has 0 saturated heterocycles. The molecule has 4 aromatic carbocycles. The molecule has 0 aliphatic carbocycles. The molecular formula is C32H27NO2. The zero-order valence-corrected chi connectivity index (χ0v) is 19.7. The van der Waals surface area contributed by atoms with Crippen molar-refractivity contribution in [1.82, 2.24) is 0 Å². The van der Waals surface area contributed by atoms with Crippen LogP contribution in [0.15, 0.2) is 115 Å². The van der Waals surface area contributed by atoms with Gasteiger partial charge in [0, 0.05) is 47.6 Å². The number of hydrogen-bond donors (Lipinski definition) is 0. The SMILES string of the molecule is CC1=Cc2ccc(N(Cc3ccccc3)Cc3ccccc3)cc2OC12C=Cc1ccccc1O2. The van der Waals surface area contributed by atoms with Crippen LogP contribution in [0.3, 0.4) is 0 Å². The largest absolute Gasteiger partial charge is 0.444 e. The smallest absolute Gasteiger partial charge is 0.294 e. The maximum Gasteiger partial charge on any atom is 0.294 e. The van der Waals surface area contributed by atoms with Gasteiger partial charge in [-0.05, 0) is 48.4 Å². The van der Waals surface area contributed by atoms with E-state index in [0.29, 0.717) is 0 Å². The number of ether oxygens (including phenoxy) is 2. The third kappa shape index (κ3) is 4.22. The van der Waals surface area contributed by atoms with Crippen LogP contribution in [0, 0.1) is 0 Å². The summed E-state index contributed by atoms with van der Waals surface area (Å²) < 4.78 is 13.0. The normalized spacial score (nSPS) is 17.6. The molecular weight excluding hydrogens is 430 g/mol. The Hall–Kier alpha value is -4.24. The minimum Gasteiger partial charge on any atom is -0.444 e. The lowest BCUT2D eigenvalue weighted by molar-refractivity contribution is -0.0410. The number of para-hydroxylation sites is 1. The highest BCUT2D eigenvalue weighted by Crippen LogP contribution is 2.43. The number of hydrogen-bond acceptors (Lipinski definition) is 3. The van der Waals surface area contributed by atoms with E-state index in [4.69, 9.17) is 9.47 Å². The zero-order valence-electron chi connectivity index (χ0n) is 19.7. The number of rotatable bonds is 5. The lowest BCUT2D eigenvalue weighted by atomic mass is 9.96. The molecule has 2 aliphatic heterocycles. The van der Waals surface area contributed by atoms with Gasteiger partial charge in [-0.1, -0.05) is 78.9 Å². The fourth-order valence-corrected chi connectivity index (χ4v) is 4.73. The first-order valence-electron chi connectivity index (χ1n) is 12.0. The van der Waals surface area contributed by atoms with E-state index in [1.165, 1.54) is 11.1 Å². The molecule has 0 bridgehead atoms. The first-order valence-corrected chi connectivity index (χ1v) is 12.0. The van der Waals surface area contributed by atoms with E-state index in [2.05, 4.69) is 109 Å². The van der Waals surface area contributed by atoms with Gasteiger partial charge >= 0.3 is 0 Å². The lowest BCUT2D eigenvalue weighted by Gasteiger charge is -2.39. The average molecular weight is 458 g/mol. The van der Waals surface area contributed by atoms with Gasteiger partial charge in [0.25, 0.3) is 5.79 Å². The van der Waals surface area contributed by atoms with Crippen LogP contribution in [-0.4, -0.2) is 5.79 Å². The summed E-state index contributed by atoms with van der Waals surface area (Å²) in [5, 5.41) is 0. The fourth-order valence-electron chi connectivity index (χ4n) is 4.73. The summed E-state index contributed by atoms with van der Waals surface area (Å²) in [5.41, 5.74) is 6.79. The van der Waals surface area contributed by atoms with E-state index in [0.717, 1.165) is 47.0 Å². The first-order chi connectivity index (χ1) is 17.2. The van der Waals surface area contributed by atoms with Gasteiger partial charge in [-0.15, -0.1) is 0 Å². The van der Waals surface area contributed by atoms with Gasteiger partial charge in [0.1, 0.15) is 11.5 Å². The fraction of sp³-hybridized carbons (Fsp3) is 0.125. The maximum absolute atomic E-state index is 6.62. The van der Waals surface area contributed by atoms with Gasteiger partial charge in [0.15, 0.2) is 0 Å². The van der Waals surface area contributed by atoms with E-state index in [1.54, 1.807) is 0 Å². The third-order valence-corrected chi connectivity index (χ3v) is 6.64. The Morgan fingerprint density at radius 1 is 0.657 bits per heavy atom. The van der Waals surface area contributed by atoms with Gasteiger partial charge in [-0.3, -0.25) is 0 Å². The molecule has 35 heavy (non-hydrogen) atoms. The van der Waals surface area contributed by atoms with Crippen LogP contribution in [0.4, 0.5) is 5.69 Å². The molecule has 2 aliphatic rings. The molecule has 0 saturated carbocycles. The van der Waals surface area contributed by atoms with E-state index >= 15 is 0 Å². The molecule has 0 aromatic heterocycles. The summed E-state index contributed by atoms with van der Waals surface area (Å²) in [7, 11) is 0. The van der Waals surface area contributed by atoms with Crippen molar-refractivity contribution in [3.8, 4) is 11.5 Å². The molecule has 0 fully saturated rings. The van der Waals surface area contributed by atoms with Crippen molar-refractivity contribution >= 4 is 17.8 Å². The van der Waals surface area contributed by atoms with Gasteiger partial charge in [-0.2, -0.15) is 0 Å². The van der Waals surface area contributed by atoms with Crippen molar-refractivity contribution in [1.29, 1.82) is 0 Å². The van der Waals surface area contributed by atoms with E-state index in [9.17, 15) is 0 Å². The van der Waals surface area contributed by atoms with Crippen LogP contribution >= 0.6 is 0 Å². The van der Waals surface area contributed by atoms with Crippen molar-refractivity contribution in [2.75, 3.05) is 4.90 Å². The first kappa shape index (κ1) is 21.3. The molecule has 3 heteroatoms. The molecule has 0 radical (unpaired) electrons. The van der Waals surface area contributed by atoms with E-state index in [1.807, 2.05) is 24.3 Å². The monoisotopic (exact) mass is 457 g/mol. The molecule has 1 unspecified atom stereocenters. The number of anilines is 1. The quantitative estimate of drug-likeness (QED) is 0.310. The Balaban J connectivity index is 1.35. The van der Waals surface area contributed by atoms with Crippen molar-refractivity contribution in [2.24, 2.45) is 0 Å². The Labute approximate surface area is 206 Å². The van der Waals surface area contributed by atoms with Crippen LogP contribution < -0.4 is 14.4 Å². The number of nitrogens with zero attached hydrogens (tertiary/aromatic N) is 1. The van der Waals surface area contributed by atoms with Crippen LogP contribution in [0.5, 0.6) is 11.5 Å². The second-order valence-corrected chi connectivity index (χ2v) is 9.12. The molecule has 1 spiro atoms. The van der Waals surface area contributed by atoms with Crippen molar-refractivity contribution in [3.63, 3.8) is 0 Å². The van der Waals surface area contributed by atoms with E-state index < -0.39 is 5.79 Å². The molecule has 0 amide bonds. The van der Waals surface area contributed by atoms with Crippen molar-refractivity contribution in [3.05, 3.63) is 137 Å². The predicted octanol–water partition coefficient (Wildman–Crippen LogP) is 7.49. The van der Waals surface area contributed by atoms with Gasteiger partial charge in [-0.25, -0.2) is 0 Å². The Bertz CT molecular complexity index is 1370. The second-order valence-electron chi connectivity index (χ2n) is 9.12. The summed E-state index contributed by atoms with van der Waals surface area (Å²) in [4.78, 5) is 2.39. The van der Waals surface area contributed by atoms with Crippen LogP contribution in [0.25, 0.3) is 12.2 Å². The number of fused-ring (bicyclic) bond motifs is 2. The summed E-state index contributed by atoms with van der Waals surface area (Å²) in [6.07, 6.45) is 6.27. The third-order valence-electron chi connectivity index (χ3n) is 6.64. The summed E-state index contributed by atoms with van der Waals surface area (Å²) in [6.45, 7) is 3.67. The molecule has 172 valence electrons. The highest BCUT2D eigenvalue weighted by atomic mass is 16.7. The van der Waals surface area contributed by atoms with Crippen molar-refractivity contribution < 1.29 is 9.47 Å². The summed E-state index contributed by atoms with van der Waals surface area (Å²) in [6, 6.07) is 35.7. The van der Waals surface area contributed by atoms with Crippen LogP contribution in [0.1, 0.15) is 29.2 Å². The standard InChI is InChI=1S/C32H27NO2/c1-24-20-28-16-17-29(21-31(28)35-32(24)19-18-27-14-8-9-15-30(27)34-32)33(22-25-10-4-2-5-11-25)23-26-12-6-3-7-13-26/h2-21H,22-23H2,1H3. The van der Waals surface area contributed by atoms with Crippen molar-refractivity contribution in [2.45, 2.75) is 25.8 Å². The molecule has 4 aromatic rings. The number of benzene rings is 4. The zero-order chi connectivity index (χ0) is 23.7. The van der Waals surface area contributed by atoms with E-state index in [-0.39, 0.29) is 0 Å². The molecule has 2 heterocycles. The van der Waals surface area contributed by atoms with Gasteiger partial charge in [0.05, 0.1) is 0 Å². The highest BCUT2D eigenvalue weighted by molar-refractivity contribution is 5.71. The van der Waals surface area contributed by atoms with Gasteiger partial charge < -0.3 is 14.4 Å². The minimum atomic E-state index is -0.927. The topological polar surface area (TPSA) is 21.7 Å². The Kier molecular flexibility index (Phi) is 5.38.